The molecule has 3 fully saturated rings. The number of hydrogen-bond donors (Lipinski definition) is 3. The van der Waals surface area contributed by atoms with Crippen LogP contribution in [0.25, 0.3) is 0 Å². The maximum atomic E-state index is 14.0. The van der Waals surface area contributed by atoms with Crippen LogP contribution in [-0.4, -0.2) is 122 Å². The van der Waals surface area contributed by atoms with Crippen molar-refractivity contribution in [1.29, 1.82) is 0 Å². The number of ether oxygens (including phenoxy) is 1. The molecule has 2 aromatic carbocycles. The molecule has 3 saturated heterocycles. The van der Waals surface area contributed by atoms with Gasteiger partial charge in [-0.25, -0.2) is 9.59 Å². The van der Waals surface area contributed by atoms with E-state index in [1.54, 1.807) is 4.90 Å². The van der Waals surface area contributed by atoms with Crippen LogP contribution in [0.15, 0.2) is 36.4 Å². The number of fused-ring (bicyclic) bond motifs is 1. The fourth-order valence-corrected chi connectivity index (χ4v) is 7.98. The second kappa shape index (κ2) is 15.6. The molecule has 4 heterocycles. The molecule has 6 rings (SSSR count). The lowest BCUT2D eigenvalue weighted by molar-refractivity contribution is -0.142. The molecule has 3 N–H and O–H groups in total. The Labute approximate surface area is 295 Å². The Bertz CT molecular complexity index is 1540. The molecule has 11 nitrogen and oxygen atoms in total. The van der Waals surface area contributed by atoms with Crippen LogP contribution in [0.1, 0.15) is 42.4 Å². The van der Waals surface area contributed by atoms with Crippen molar-refractivity contribution in [3.63, 3.8) is 0 Å². The Hall–Kier alpha value is -3.75. The number of anilines is 2. The lowest BCUT2D eigenvalue weighted by Crippen LogP contribution is -2.54. The first-order valence-corrected chi connectivity index (χ1v) is 17.8. The van der Waals surface area contributed by atoms with Crippen molar-refractivity contribution < 1.29 is 32.3 Å². The minimum Gasteiger partial charge on any atom is -0.436 e. The molecule has 0 aromatic heterocycles. The number of piperidine rings is 2. The number of nitrogens with one attached hydrogen (secondary N) is 3. The van der Waals surface area contributed by atoms with Gasteiger partial charge in [0.05, 0.1) is 16.3 Å². The van der Waals surface area contributed by atoms with Gasteiger partial charge in [-0.2, -0.15) is 13.2 Å². The molecule has 0 spiro atoms. The summed E-state index contributed by atoms with van der Waals surface area (Å²) in [4.78, 5) is 48.1. The fraction of sp³-hybridized carbons (Fsp3) is 0.571. The van der Waals surface area contributed by atoms with Crippen LogP contribution in [0.2, 0.25) is 5.02 Å². The fourth-order valence-electron chi connectivity index (χ4n) is 7.65. The summed E-state index contributed by atoms with van der Waals surface area (Å²) in [6.07, 6.45) is -3.74. The SMILES string of the molecule is CNc1c(Cl)cc(C[C@@H](OC(=O)N2CCC(N3CCc4ccccc4NC3=O)CC2)C(=O)N2CCC(N3CCNCC3)CC2)cc1C(F)(F)F. The van der Waals surface area contributed by atoms with Gasteiger partial charge in [0.15, 0.2) is 6.10 Å². The van der Waals surface area contributed by atoms with E-state index < -0.39 is 29.8 Å². The number of rotatable bonds is 7. The zero-order valence-corrected chi connectivity index (χ0v) is 29.0. The van der Waals surface area contributed by atoms with Crippen molar-refractivity contribution in [2.75, 3.05) is 76.6 Å². The number of urea groups is 1. The summed E-state index contributed by atoms with van der Waals surface area (Å²) in [5.74, 6) is -0.435. The van der Waals surface area contributed by atoms with E-state index in [1.807, 2.05) is 29.2 Å². The molecular formula is C35H45ClF3N7O4. The number of benzene rings is 2. The maximum Gasteiger partial charge on any atom is 0.418 e. The second-order valence-corrected chi connectivity index (χ2v) is 13.8. The van der Waals surface area contributed by atoms with E-state index in [0.717, 1.165) is 56.3 Å². The van der Waals surface area contributed by atoms with E-state index in [9.17, 15) is 27.6 Å². The molecule has 272 valence electrons. The Kier molecular flexibility index (Phi) is 11.3. The molecule has 0 saturated carbocycles. The summed E-state index contributed by atoms with van der Waals surface area (Å²) >= 11 is 6.28. The predicted molar refractivity (Wildman–Crippen MR) is 184 cm³/mol. The van der Waals surface area contributed by atoms with Crippen molar-refractivity contribution in [2.45, 2.75) is 62.9 Å². The molecule has 4 amide bonds. The zero-order valence-electron chi connectivity index (χ0n) is 28.2. The average molecular weight is 720 g/mol. The molecule has 0 aliphatic carbocycles. The van der Waals surface area contributed by atoms with Gasteiger partial charge >= 0.3 is 18.3 Å². The maximum absolute atomic E-state index is 14.0. The number of carbonyl (C=O) groups is 3. The molecule has 4 aliphatic rings. The predicted octanol–water partition coefficient (Wildman–Crippen LogP) is 4.90. The standard InChI is InChI=1S/C35H45ClF3N7O4/c1-40-31-27(35(37,38)39)20-23(21-28(31)36)22-30(32(47)44-13-7-25(8-14-44)43-18-11-41-12-19-43)50-34(49)45-15-9-26(10-16-45)46-17-6-24-4-2-3-5-29(24)42-33(46)48/h2-5,20-21,25-26,30,40-41H,6-19,22H2,1H3,(H,42,48)/t30-/m1/s1. The van der Waals surface area contributed by atoms with Crippen LogP contribution < -0.4 is 16.0 Å². The summed E-state index contributed by atoms with van der Waals surface area (Å²) in [5.41, 5.74) is 0.781. The van der Waals surface area contributed by atoms with Gasteiger partial charge in [0.2, 0.25) is 0 Å². The monoisotopic (exact) mass is 719 g/mol. The number of piperazine rings is 1. The number of carbonyl (C=O) groups excluding carboxylic acids is 3. The van der Waals surface area contributed by atoms with Gasteiger partial charge in [-0.15, -0.1) is 0 Å². The Morgan fingerprint density at radius 3 is 2.30 bits per heavy atom. The molecule has 50 heavy (non-hydrogen) atoms. The first kappa shape index (κ1) is 36.1. The topological polar surface area (TPSA) is 109 Å². The lowest BCUT2D eigenvalue weighted by Gasteiger charge is -2.41. The molecule has 4 aliphatic heterocycles. The normalized spacial score (nSPS) is 20.5. The minimum absolute atomic E-state index is 0.0867. The van der Waals surface area contributed by atoms with Gasteiger partial charge in [-0.1, -0.05) is 29.8 Å². The number of nitrogens with zero attached hydrogens (tertiary/aromatic N) is 4. The van der Waals surface area contributed by atoms with Crippen molar-refractivity contribution in [1.82, 2.24) is 24.9 Å². The molecular weight excluding hydrogens is 675 g/mol. The van der Waals surface area contributed by atoms with E-state index >= 15 is 0 Å². The van der Waals surface area contributed by atoms with Gasteiger partial charge in [0, 0.05) is 90.1 Å². The first-order valence-electron chi connectivity index (χ1n) is 17.4. The number of amides is 4. The van der Waals surface area contributed by atoms with Crippen molar-refractivity contribution in [2.24, 2.45) is 0 Å². The number of para-hydroxylation sites is 1. The molecule has 0 bridgehead atoms. The molecule has 15 heteroatoms. The molecule has 0 radical (unpaired) electrons. The quantitative estimate of drug-likeness (QED) is 0.374. The largest absolute Gasteiger partial charge is 0.436 e. The highest BCUT2D eigenvalue weighted by Crippen LogP contribution is 2.40. The van der Waals surface area contributed by atoms with Crippen molar-refractivity contribution >= 4 is 41.0 Å². The van der Waals surface area contributed by atoms with E-state index in [1.165, 1.54) is 18.0 Å². The third kappa shape index (κ3) is 8.24. The third-order valence-corrected chi connectivity index (χ3v) is 10.7. The van der Waals surface area contributed by atoms with E-state index in [4.69, 9.17) is 16.3 Å². The summed E-state index contributed by atoms with van der Waals surface area (Å²) in [6.45, 7) is 5.80. The summed E-state index contributed by atoms with van der Waals surface area (Å²) in [7, 11) is 1.36. The number of likely N-dealkylation sites (tertiary alicyclic amines) is 2. The first-order chi connectivity index (χ1) is 24.0. The molecule has 2 aromatic rings. The summed E-state index contributed by atoms with van der Waals surface area (Å²) < 4.78 is 47.9. The van der Waals surface area contributed by atoms with E-state index in [-0.39, 0.29) is 34.8 Å². The van der Waals surface area contributed by atoms with Gasteiger partial charge in [0.1, 0.15) is 0 Å². The zero-order chi connectivity index (χ0) is 35.4. The van der Waals surface area contributed by atoms with Crippen LogP contribution in [0.5, 0.6) is 0 Å². The summed E-state index contributed by atoms with van der Waals surface area (Å²) in [6, 6.07) is 10.1. The van der Waals surface area contributed by atoms with Crippen LogP contribution in [-0.2, 0) is 28.5 Å². The Morgan fingerprint density at radius 2 is 1.62 bits per heavy atom. The van der Waals surface area contributed by atoms with Crippen molar-refractivity contribution in [3.8, 4) is 0 Å². The van der Waals surface area contributed by atoms with Crippen LogP contribution in [0.3, 0.4) is 0 Å². The smallest absolute Gasteiger partial charge is 0.418 e. The summed E-state index contributed by atoms with van der Waals surface area (Å²) in [5, 5.41) is 8.72. The minimum atomic E-state index is -4.70. The number of alkyl halides is 3. The van der Waals surface area contributed by atoms with Crippen LogP contribution in [0.4, 0.5) is 34.1 Å². The molecule has 0 unspecified atom stereocenters. The molecule has 1 atom stereocenters. The highest BCUT2D eigenvalue weighted by atomic mass is 35.5. The second-order valence-electron chi connectivity index (χ2n) is 13.4. The van der Waals surface area contributed by atoms with E-state index in [0.29, 0.717) is 58.0 Å². The lowest BCUT2D eigenvalue weighted by atomic mass is 9.99. The Morgan fingerprint density at radius 1 is 0.960 bits per heavy atom. The van der Waals surface area contributed by atoms with E-state index in [2.05, 4.69) is 20.9 Å². The van der Waals surface area contributed by atoms with Gasteiger partial charge in [0.25, 0.3) is 5.91 Å². The highest BCUT2D eigenvalue weighted by molar-refractivity contribution is 6.33. The van der Waals surface area contributed by atoms with Gasteiger partial charge < -0.3 is 35.4 Å². The van der Waals surface area contributed by atoms with Crippen LogP contribution >= 0.6 is 11.6 Å². The highest BCUT2D eigenvalue weighted by Gasteiger charge is 2.38. The Balaban J connectivity index is 1.13. The number of halogens is 4. The number of hydrogen-bond acceptors (Lipinski definition) is 7. The third-order valence-electron chi connectivity index (χ3n) is 10.4. The van der Waals surface area contributed by atoms with Crippen molar-refractivity contribution in [3.05, 3.63) is 58.1 Å². The average Bonchev–Trinajstić information content (AvgIpc) is 3.29. The van der Waals surface area contributed by atoms with Gasteiger partial charge in [-0.05, 0) is 61.4 Å². The van der Waals surface area contributed by atoms with Crippen LogP contribution in [0, 0.1) is 0 Å². The van der Waals surface area contributed by atoms with Gasteiger partial charge in [-0.3, -0.25) is 9.69 Å².